The minimum absolute atomic E-state index is 0.114. The Morgan fingerprint density at radius 3 is 2.94 bits per heavy atom. The van der Waals surface area contributed by atoms with Gasteiger partial charge in [-0.25, -0.2) is 9.97 Å². The van der Waals surface area contributed by atoms with E-state index in [0.717, 1.165) is 5.82 Å². The van der Waals surface area contributed by atoms with E-state index in [-0.39, 0.29) is 11.2 Å². The fraction of sp³-hybridized carbons (Fsp3) is 0.182. The van der Waals surface area contributed by atoms with Gasteiger partial charge in [-0.1, -0.05) is 15.9 Å². The smallest absolute Gasteiger partial charge is 0.235 e. The highest BCUT2D eigenvalue weighted by molar-refractivity contribution is 9.09. The van der Waals surface area contributed by atoms with Crippen LogP contribution in [-0.4, -0.2) is 25.8 Å². The number of carbonyl (C=O) groups is 1. The lowest BCUT2D eigenvalue weighted by molar-refractivity contribution is -0.113. The molecule has 0 saturated carbocycles. The van der Waals surface area contributed by atoms with E-state index in [4.69, 9.17) is 0 Å². The van der Waals surface area contributed by atoms with E-state index in [2.05, 4.69) is 31.2 Å². The molecule has 1 N–H and O–H groups in total. The maximum atomic E-state index is 11.4. The van der Waals surface area contributed by atoms with Crippen LogP contribution >= 0.6 is 15.9 Å². The number of pyridine rings is 1. The molecule has 1 amide bonds. The van der Waals surface area contributed by atoms with Gasteiger partial charge in [0.05, 0.1) is 11.0 Å². The van der Waals surface area contributed by atoms with Gasteiger partial charge in [-0.2, -0.15) is 0 Å². The standard InChI is InChI=1S/C11H11BrN4O/c1-8-13-5-6-16(8)11-9(3-2-4-14-11)15-10(17)7-12/h2-6H,7H2,1H3,(H,15,17). The number of nitrogens with one attached hydrogen (secondary N) is 1. The van der Waals surface area contributed by atoms with E-state index >= 15 is 0 Å². The molecule has 0 fully saturated rings. The van der Waals surface area contributed by atoms with Gasteiger partial charge in [0.2, 0.25) is 5.91 Å². The van der Waals surface area contributed by atoms with Crippen molar-refractivity contribution >= 4 is 27.5 Å². The average molecular weight is 295 g/mol. The molecule has 17 heavy (non-hydrogen) atoms. The fourth-order valence-corrected chi connectivity index (χ4v) is 1.61. The van der Waals surface area contributed by atoms with Crippen LogP contribution < -0.4 is 5.32 Å². The lowest BCUT2D eigenvalue weighted by atomic mass is 10.3. The van der Waals surface area contributed by atoms with Crippen LogP contribution in [0.3, 0.4) is 0 Å². The molecule has 0 aromatic carbocycles. The van der Waals surface area contributed by atoms with Crippen molar-refractivity contribution in [2.75, 3.05) is 10.6 Å². The van der Waals surface area contributed by atoms with Gasteiger partial charge in [0, 0.05) is 18.6 Å². The Balaban J connectivity index is 2.41. The van der Waals surface area contributed by atoms with Crippen LogP contribution in [0.5, 0.6) is 0 Å². The number of anilines is 1. The Hall–Kier alpha value is -1.69. The van der Waals surface area contributed by atoms with Crippen LogP contribution in [0.25, 0.3) is 5.82 Å². The molecule has 0 atom stereocenters. The van der Waals surface area contributed by atoms with Gasteiger partial charge < -0.3 is 5.32 Å². The second-order valence-corrected chi connectivity index (χ2v) is 3.96. The molecule has 0 unspecified atom stereocenters. The summed E-state index contributed by atoms with van der Waals surface area (Å²) in [6, 6.07) is 3.59. The first-order valence-corrected chi connectivity index (χ1v) is 6.15. The molecule has 5 nitrogen and oxygen atoms in total. The summed E-state index contributed by atoms with van der Waals surface area (Å²) in [4.78, 5) is 19.8. The molecule has 88 valence electrons. The number of hydrogen-bond acceptors (Lipinski definition) is 3. The van der Waals surface area contributed by atoms with Crippen molar-refractivity contribution in [3.8, 4) is 5.82 Å². The molecule has 0 aliphatic rings. The zero-order valence-electron chi connectivity index (χ0n) is 9.22. The van der Waals surface area contributed by atoms with E-state index in [1.807, 2.05) is 23.8 Å². The Kier molecular flexibility index (Phi) is 3.53. The van der Waals surface area contributed by atoms with E-state index in [9.17, 15) is 4.79 Å². The highest BCUT2D eigenvalue weighted by Crippen LogP contribution is 2.18. The number of alkyl halides is 1. The predicted octanol–water partition coefficient (Wildman–Crippen LogP) is 1.91. The fourth-order valence-electron chi connectivity index (χ4n) is 1.47. The summed E-state index contributed by atoms with van der Waals surface area (Å²) in [5.41, 5.74) is 0.665. The number of carbonyl (C=O) groups excluding carboxylic acids is 1. The number of aromatic nitrogens is 3. The third-order valence-corrected chi connectivity index (χ3v) is 2.75. The summed E-state index contributed by atoms with van der Waals surface area (Å²) < 4.78 is 1.82. The van der Waals surface area contributed by atoms with Gasteiger partial charge in [0.1, 0.15) is 5.82 Å². The molecule has 0 radical (unpaired) electrons. The summed E-state index contributed by atoms with van der Waals surface area (Å²) in [5, 5.41) is 3.03. The maximum Gasteiger partial charge on any atom is 0.235 e. The first-order valence-electron chi connectivity index (χ1n) is 5.03. The van der Waals surface area contributed by atoms with Crippen molar-refractivity contribution < 1.29 is 4.79 Å². The van der Waals surface area contributed by atoms with Gasteiger partial charge in [0.25, 0.3) is 0 Å². The van der Waals surface area contributed by atoms with Gasteiger partial charge >= 0.3 is 0 Å². The third-order valence-electron chi connectivity index (χ3n) is 2.24. The van der Waals surface area contributed by atoms with Gasteiger partial charge in [-0.05, 0) is 19.1 Å². The van der Waals surface area contributed by atoms with Crippen molar-refractivity contribution in [1.82, 2.24) is 14.5 Å². The number of imidazole rings is 1. The van der Waals surface area contributed by atoms with Crippen molar-refractivity contribution in [1.29, 1.82) is 0 Å². The monoisotopic (exact) mass is 294 g/mol. The summed E-state index contributed by atoms with van der Waals surface area (Å²) in [6.45, 7) is 1.88. The summed E-state index contributed by atoms with van der Waals surface area (Å²) in [6.07, 6.45) is 5.18. The summed E-state index contributed by atoms with van der Waals surface area (Å²) >= 11 is 3.11. The molecule has 2 rings (SSSR count). The van der Waals surface area contributed by atoms with Crippen LogP contribution in [0, 0.1) is 6.92 Å². The van der Waals surface area contributed by atoms with Gasteiger partial charge in [0.15, 0.2) is 5.82 Å². The van der Waals surface area contributed by atoms with Crippen molar-refractivity contribution in [3.05, 3.63) is 36.5 Å². The normalized spacial score (nSPS) is 10.2. The number of rotatable bonds is 3. The number of aryl methyl sites for hydroxylation is 1. The maximum absolute atomic E-state index is 11.4. The SMILES string of the molecule is Cc1nccn1-c1ncccc1NC(=O)CBr. The molecule has 0 bridgehead atoms. The lowest BCUT2D eigenvalue weighted by Crippen LogP contribution is -2.15. The van der Waals surface area contributed by atoms with Gasteiger partial charge in [-0.15, -0.1) is 0 Å². The van der Waals surface area contributed by atoms with Crippen LogP contribution in [0.4, 0.5) is 5.69 Å². The second kappa shape index (κ2) is 5.09. The molecule has 0 aliphatic heterocycles. The summed E-state index contributed by atoms with van der Waals surface area (Å²) in [7, 11) is 0. The molecule has 0 aliphatic carbocycles. The molecule has 2 aromatic rings. The van der Waals surface area contributed by atoms with Crippen molar-refractivity contribution in [2.45, 2.75) is 6.92 Å². The van der Waals surface area contributed by atoms with Crippen LogP contribution in [-0.2, 0) is 4.79 Å². The first kappa shape index (κ1) is 11.8. The van der Waals surface area contributed by atoms with E-state index in [0.29, 0.717) is 11.5 Å². The minimum Gasteiger partial charge on any atom is -0.322 e. The average Bonchev–Trinajstić information content (AvgIpc) is 2.76. The molecule has 2 aromatic heterocycles. The summed E-state index contributed by atoms with van der Waals surface area (Å²) in [5.74, 6) is 1.37. The zero-order chi connectivity index (χ0) is 12.3. The third kappa shape index (κ3) is 2.52. The highest BCUT2D eigenvalue weighted by Gasteiger charge is 2.09. The molecular weight excluding hydrogens is 284 g/mol. The predicted molar refractivity (Wildman–Crippen MR) is 68.5 cm³/mol. The highest BCUT2D eigenvalue weighted by atomic mass is 79.9. The zero-order valence-corrected chi connectivity index (χ0v) is 10.8. The van der Waals surface area contributed by atoms with Crippen LogP contribution in [0.2, 0.25) is 0 Å². The largest absolute Gasteiger partial charge is 0.322 e. The molecule has 6 heteroatoms. The van der Waals surface area contributed by atoms with Crippen molar-refractivity contribution in [2.24, 2.45) is 0 Å². The Morgan fingerprint density at radius 1 is 1.47 bits per heavy atom. The van der Waals surface area contributed by atoms with Crippen molar-refractivity contribution in [3.63, 3.8) is 0 Å². The Labute approximate surface area is 107 Å². The molecular formula is C11H11BrN4O. The number of nitrogens with zero attached hydrogens (tertiary/aromatic N) is 3. The lowest BCUT2D eigenvalue weighted by Gasteiger charge is -2.10. The van der Waals surface area contributed by atoms with Crippen LogP contribution in [0.15, 0.2) is 30.7 Å². The van der Waals surface area contributed by atoms with Gasteiger partial charge in [-0.3, -0.25) is 9.36 Å². The Morgan fingerprint density at radius 2 is 2.29 bits per heavy atom. The molecule has 0 spiro atoms. The molecule has 0 saturated heterocycles. The Bertz CT molecular complexity index is 538. The number of amides is 1. The van der Waals surface area contributed by atoms with E-state index in [1.54, 1.807) is 18.5 Å². The van der Waals surface area contributed by atoms with Crippen LogP contribution in [0.1, 0.15) is 5.82 Å². The van der Waals surface area contributed by atoms with E-state index < -0.39 is 0 Å². The topological polar surface area (TPSA) is 59.8 Å². The van der Waals surface area contributed by atoms with E-state index in [1.165, 1.54) is 0 Å². The molecule has 2 heterocycles. The number of hydrogen-bond donors (Lipinski definition) is 1. The quantitative estimate of drug-likeness (QED) is 0.880. The number of halogens is 1. The first-order chi connectivity index (χ1) is 8.22. The second-order valence-electron chi connectivity index (χ2n) is 3.40. The minimum atomic E-state index is -0.114.